The van der Waals surface area contributed by atoms with E-state index in [1.807, 2.05) is 75.1 Å². The van der Waals surface area contributed by atoms with E-state index in [1.165, 1.54) is 5.56 Å². The molecule has 1 aliphatic heterocycles. The Morgan fingerprint density at radius 1 is 0.946 bits per heavy atom. The van der Waals surface area contributed by atoms with Crippen molar-refractivity contribution in [1.82, 2.24) is 9.80 Å². The standard InChI is InChI=1S/C30H38N4O2S/c1-21(2)33(22(3)4)30(36)24-8-10-26(11-9-24)34(28-7-5-6-25(18-28)29(31)35)27-12-15-32(16-13-27)19-23-14-17-37-20-23/h5-11,14,17-18,20-22,27H,12-13,15-16,19H2,1-4H3,(H2,31,35). The number of hydrogen-bond donors (Lipinski definition) is 1. The van der Waals surface area contributed by atoms with Crippen molar-refractivity contribution in [2.75, 3.05) is 18.0 Å². The number of primary amides is 1. The molecule has 37 heavy (non-hydrogen) atoms. The first-order chi connectivity index (χ1) is 17.7. The van der Waals surface area contributed by atoms with Crippen molar-refractivity contribution < 1.29 is 9.59 Å². The maximum Gasteiger partial charge on any atom is 0.254 e. The molecule has 0 spiro atoms. The lowest BCUT2D eigenvalue weighted by Crippen LogP contribution is -2.43. The summed E-state index contributed by atoms with van der Waals surface area (Å²) in [4.78, 5) is 31.9. The molecule has 1 aliphatic rings. The normalized spacial score (nSPS) is 14.8. The van der Waals surface area contributed by atoms with Crippen molar-refractivity contribution in [2.24, 2.45) is 5.73 Å². The molecular formula is C30H38N4O2S. The molecule has 6 nitrogen and oxygen atoms in total. The monoisotopic (exact) mass is 518 g/mol. The third-order valence-electron chi connectivity index (χ3n) is 7.06. The summed E-state index contributed by atoms with van der Waals surface area (Å²) in [5.41, 5.74) is 10.1. The quantitative estimate of drug-likeness (QED) is 0.382. The van der Waals surface area contributed by atoms with E-state index in [4.69, 9.17) is 5.73 Å². The molecule has 0 unspecified atom stereocenters. The molecule has 7 heteroatoms. The van der Waals surface area contributed by atoms with E-state index in [9.17, 15) is 9.59 Å². The zero-order chi connectivity index (χ0) is 26.5. The molecule has 4 rings (SSSR count). The second-order valence-electron chi connectivity index (χ2n) is 10.4. The number of hydrogen-bond acceptors (Lipinski definition) is 5. The van der Waals surface area contributed by atoms with Crippen LogP contribution in [0, 0.1) is 0 Å². The van der Waals surface area contributed by atoms with Crippen LogP contribution in [0.15, 0.2) is 65.4 Å². The minimum absolute atomic E-state index is 0.0422. The summed E-state index contributed by atoms with van der Waals surface area (Å²) in [6.07, 6.45) is 2.00. The number of piperidine rings is 1. The van der Waals surface area contributed by atoms with Gasteiger partial charge in [0, 0.05) is 60.3 Å². The first kappa shape index (κ1) is 26.9. The van der Waals surface area contributed by atoms with Gasteiger partial charge in [0.25, 0.3) is 5.91 Å². The van der Waals surface area contributed by atoms with Gasteiger partial charge >= 0.3 is 0 Å². The average molecular weight is 519 g/mol. The van der Waals surface area contributed by atoms with Crippen LogP contribution < -0.4 is 10.6 Å². The smallest absolute Gasteiger partial charge is 0.254 e. The molecule has 1 aromatic heterocycles. The molecule has 0 atom stereocenters. The van der Waals surface area contributed by atoms with Gasteiger partial charge < -0.3 is 15.5 Å². The van der Waals surface area contributed by atoms with Crippen molar-refractivity contribution >= 4 is 34.5 Å². The summed E-state index contributed by atoms with van der Waals surface area (Å²) in [5.74, 6) is -0.392. The minimum atomic E-state index is -0.434. The predicted molar refractivity (Wildman–Crippen MR) is 153 cm³/mol. The number of carbonyl (C=O) groups is 2. The van der Waals surface area contributed by atoms with Crippen LogP contribution in [0.1, 0.15) is 66.8 Å². The van der Waals surface area contributed by atoms with Gasteiger partial charge in [-0.05, 0) is 105 Å². The van der Waals surface area contributed by atoms with E-state index < -0.39 is 5.91 Å². The van der Waals surface area contributed by atoms with Crippen LogP contribution in [-0.4, -0.2) is 52.8 Å². The highest BCUT2D eigenvalue weighted by molar-refractivity contribution is 7.07. The summed E-state index contributed by atoms with van der Waals surface area (Å²) < 4.78 is 0. The lowest BCUT2D eigenvalue weighted by Gasteiger charge is -2.40. The number of likely N-dealkylation sites (tertiary alicyclic amines) is 1. The summed E-state index contributed by atoms with van der Waals surface area (Å²) in [5, 5.41) is 4.35. The van der Waals surface area contributed by atoms with Crippen LogP contribution in [0.25, 0.3) is 0 Å². The van der Waals surface area contributed by atoms with E-state index in [-0.39, 0.29) is 24.0 Å². The maximum atomic E-state index is 13.2. The third kappa shape index (κ3) is 6.40. The number of carbonyl (C=O) groups excluding carboxylic acids is 2. The van der Waals surface area contributed by atoms with E-state index >= 15 is 0 Å². The van der Waals surface area contributed by atoms with Crippen LogP contribution in [0.3, 0.4) is 0 Å². The second kappa shape index (κ2) is 11.9. The third-order valence-corrected chi connectivity index (χ3v) is 7.79. The molecule has 2 N–H and O–H groups in total. The van der Waals surface area contributed by atoms with Gasteiger partial charge in [0.05, 0.1) is 0 Å². The van der Waals surface area contributed by atoms with Gasteiger partial charge in [-0.15, -0.1) is 0 Å². The van der Waals surface area contributed by atoms with Gasteiger partial charge in [-0.25, -0.2) is 0 Å². The van der Waals surface area contributed by atoms with Crippen LogP contribution >= 0.6 is 11.3 Å². The summed E-state index contributed by atoms with van der Waals surface area (Å²) in [6.45, 7) is 11.2. The van der Waals surface area contributed by atoms with Gasteiger partial charge in [-0.3, -0.25) is 14.5 Å². The Hall–Kier alpha value is -3.16. The highest BCUT2D eigenvalue weighted by Crippen LogP contribution is 2.33. The Kier molecular flexibility index (Phi) is 8.67. The SMILES string of the molecule is CC(C)N(C(=O)c1ccc(N(c2cccc(C(N)=O)c2)C2CCN(Cc3ccsc3)CC2)cc1)C(C)C. The number of anilines is 2. The first-order valence-corrected chi connectivity index (χ1v) is 14.0. The molecule has 2 aromatic carbocycles. The molecular weight excluding hydrogens is 480 g/mol. The van der Waals surface area contributed by atoms with Gasteiger partial charge in [-0.1, -0.05) is 6.07 Å². The molecule has 0 radical (unpaired) electrons. The largest absolute Gasteiger partial charge is 0.366 e. The van der Waals surface area contributed by atoms with E-state index in [0.717, 1.165) is 43.9 Å². The Morgan fingerprint density at radius 2 is 1.62 bits per heavy atom. The van der Waals surface area contributed by atoms with E-state index in [1.54, 1.807) is 17.4 Å². The molecule has 3 aromatic rings. The van der Waals surface area contributed by atoms with Crippen molar-refractivity contribution in [3.8, 4) is 0 Å². The zero-order valence-electron chi connectivity index (χ0n) is 22.3. The highest BCUT2D eigenvalue weighted by atomic mass is 32.1. The predicted octanol–water partition coefficient (Wildman–Crippen LogP) is 5.91. The molecule has 0 saturated carbocycles. The Balaban J connectivity index is 1.59. The average Bonchev–Trinajstić information content (AvgIpc) is 3.38. The van der Waals surface area contributed by atoms with E-state index in [2.05, 4.69) is 26.6 Å². The fraction of sp³-hybridized carbons (Fsp3) is 0.400. The first-order valence-electron chi connectivity index (χ1n) is 13.1. The second-order valence-corrected chi connectivity index (χ2v) is 11.2. The van der Waals surface area contributed by atoms with Gasteiger partial charge in [0.2, 0.25) is 5.91 Å². The molecule has 2 heterocycles. The number of thiophene rings is 1. The molecule has 0 aliphatic carbocycles. The molecule has 2 amide bonds. The van der Waals surface area contributed by atoms with Crippen LogP contribution in [0.5, 0.6) is 0 Å². The van der Waals surface area contributed by atoms with Crippen molar-refractivity contribution in [1.29, 1.82) is 0 Å². The minimum Gasteiger partial charge on any atom is -0.366 e. The fourth-order valence-corrected chi connectivity index (χ4v) is 5.99. The Morgan fingerprint density at radius 3 is 2.19 bits per heavy atom. The molecule has 0 bridgehead atoms. The molecule has 196 valence electrons. The maximum absolute atomic E-state index is 13.2. The summed E-state index contributed by atoms with van der Waals surface area (Å²) >= 11 is 1.74. The molecule has 1 fully saturated rings. The lowest BCUT2D eigenvalue weighted by atomic mass is 9.99. The zero-order valence-corrected chi connectivity index (χ0v) is 23.1. The van der Waals surface area contributed by atoms with E-state index in [0.29, 0.717) is 11.1 Å². The van der Waals surface area contributed by atoms with Crippen LogP contribution in [0.2, 0.25) is 0 Å². The Bertz CT molecular complexity index is 1170. The number of benzene rings is 2. The van der Waals surface area contributed by atoms with Gasteiger partial charge in [-0.2, -0.15) is 11.3 Å². The number of nitrogens with zero attached hydrogens (tertiary/aromatic N) is 3. The van der Waals surface area contributed by atoms with Crippen LogP contribution in [0.4, 0.5) is 11.4 Å². The highest BCUT2D eigenvalue weighted by Gasteiger charge is 2.27. The van der Waals surface area contributed by atoms with Gasteiger partial charge in [0.1, 0.15) is 0 Å². The van der Waals surface area contributed by atoms with Crippen molar-refractivity contribution in [3.05, 3.63) is 82.0 Å². The number of nitrogens with two attached hydrogens (primary N) is 1. The topological polar surface area (TPSA) is 69.9 Å². The summed E-state index contributed by atoms with van der Waals surface area (Å²) in [7, 11) is 0. The van der Waals surface area contributed by atoms with Crippen molar-refractivity contribution in [2.45, 2.75) is 65.2 Å². The fourth-order valence-electron chi connectivity index (χ4n) is 5.34. The molecule has 1 saturated heterocycles. The van der Waals surface area contributed by atoms with Gasteiger partial charge in [0.15, 0.2) is 0 Å². The summed E-state index contributed by atoms with van der Waals surface area (Å²) in [6, 6.07) is 18.2. The Labute approximate surface area is 224 Å². The number of rotatable bonds is 9. The van der Waals surface area contributed by atoms with Crippen LogP contribution in [-0.2, 0) is 6.54 Å². The lowest BCUT2D eigenvalue weighted by molar-refractivity contribution is 0.0643. The number of amides is 2. The van der Waals surface area contributed by atoms with Crippen molar-refractivity contribution in [3.63, 3.8) is 0 Å².